The lowest BCUT2D eigenvalue weighted by Gasteiger charge is -2.34. The highest BCUT2D eigenvalue weighted by Gasteiger charge is 2.54. The molecule has 1 heterocycles. The number of aromatic nitrogens is 1. The van der Waals surface area contributed by atoms with Gasteiger partial charge in [-0.3, -0.25) is 9.78 Å². The summed E-state index contributed by atoms with van der Waals surface area (Å²) in [5.74, 6) is -0.574. The summed E-state index contributed by atoms with van der Waals surface area (Å²) in [4.78, 5) is 30.5. The van der Waals surface area contributed by atoms with Crippen molar-refractivity contribution in [2.24, 2.45) is 17.3 Å². The predicted octanol–water partition coefficient (Wildman–Crippen LogP) is 6.55. The minimum atomic E-state index is -1.03. The molecule has 2 saturated carbocycles. The number of hydrogen-bond acceptors (Lipinski definition) is 4. The lowest BCUT2D eigenvalue weighted by atomic mass is 9.70. The number of nitrogens with zero attached hydrogens (tertiary/aromatic N) is 2. The van der Waals surface area contributed by atoms with Gasteiger partial charge in [0.25, 0.3) is 0 Å². The van der Waals surface area contributed by atoms with Crippen molar-refractivity contribution in [3.8, 4) is 11.1 Å². The zero-order valence-corrected chi connectivity index (χ0v) is 22.4. The van der Waals surface area contributed by atoms with E-state index in [1.807, 2.05) is 20.2 Å². The van der Waals surface area contributed by atoms with Gasteiger partial charge in [-0.25, -0.2) is 4.79 Å². The molecule has 2 fully saturated rings. The Bertz CT molecular complexity index is 1390. The first-order valence-electron chi connectivity index (χ1n) is 13.0. The van der Waals surface area contributed by atoms with Gasteiger partial charge in [0.1, 0.15) is 0 Å². The van der Waals surface area contributed by atoms with Gasteiger partial charge < -0.3 is 15.3 Å². The molecule has 0 saturated heterocycles. The highest BCUT2D eigenvalue weighted by Crippen LogP contribution is 2.59. The van der Waals surface area contributed by atoms with Gasteiger partial charge in [0.15, 0.2) is 0 Å². The first-order valence-corrected chi connectivity index (χ1v) is 13.3. The molecule has 38 heavy (non-hydrogen) atoms. The van der Waals surface area contributed by atoms with Crippen LogP contribution >= 0.6 is 11.6 Å². The van der Waals surface area contributed by atoms with E-state index in [1.54, 1.807) is 18.5 Å². The minimum absolute atomic E-state index is 0.00193. The Hall–Kier alpha value is -3.64. The van der Waals surface area contributed by atoms with Gasteiger partial charge in [-0.05, 0) is 96.0 Å². The highest BCUT2D eigenvalue weighted by atomic mass is 35.5. The van der Waals surface area contributed by atoms with Crippen molar-refractivity contribution >= 4 is 40.9 Å². The van der Waals surface area contributed by atoms with Gasteiger partial charge in [-0.2, -0.15) is 0 Å². The number of carbonyl (C=O) groups is 2. The number of carboxylic acid groups (broad SMARTS) is 1. The maximum atomic E-state index is 13.5. The van der Waals surface area contributed by atoms with Crippen LogP contribution in [0.2, 0.25) is 5.02 Å². The van der Waals surface area contributed by atoms with Crippen LogP contribution in [-0.4, -0.2) is 36.1 Å². The molecule has 2 bridgehead atoms. The van der Waals surface area contributed by atoms with Crippen molar-refractivity contribution < 1.29 is 14.7 Å². The summed E-state index contributed by atoms with van der Waals surface area (Å²) in [6.45, 7) is 0. The topological polar surface area (TPSA) is 82.5 Å². The number of fused-ring (bicyclic) bond motifs is 2. The zero-order chi connectivity index (χ0) is 26.9. The molecule has 0 aliphatic heterocycles. The van der Waals surface area contributed by atoms with Gasteiger partial charge in [-0.15, -0.1) is 0 Å². The molecule has 2 aromatic carbocycles. The van der Waals surface area contributed by atoms with Crippen LogP contribution in [0, 0.1) is 17.3 Å². The predicted molar refractivity (Wildman–Crippen MR) is 152 cm³/mol. The number of benzene rings is 2. The summed E-state index contributed by atoms with van der Waals surface area (Å²) >= 11 is 6.83. The number of carboxylic acids is 1. The summed E-state index contributed by atoms with van der Waals surface area (Å²) in [5, 5.41) is 12.7. The number of rotatable bonds is 8. The number of halogens is 1. The molecule has 2 N–H and O–H groups in total. The standard InChI is InChI=1S/C31H32ClN3O3/c1-35(2)26-8-6-22(7-9-26)23-4-5-24(28(32)15-23)17-31-12-11-20(16-31)14-27(31)30(38)34-25-13-21(18-33-19-25)3-10-29(36)37/h3-10,13,15,18-20,27H,11-12,14,16-17H2,1-2H3,(H,34,38)(H,36,37)/b10-3+/t20-,27+,31+/m1/s1. The Balaban J connectivity index is 1.32. The van der Waals surface area contributed by atoms with Crippen LogP contribution in [0.3, 0.4) is 0 Å². The van der Waals surface area contributed by atoms with Crippen molar-refractivity contribution in [3.05, 3.63) is 83.2 Å². The fourth-order valence-corrected chi connectivity index (χ4v) is 6.50. The van der Waals surface area contributed by atoms with Gasteiger partial charge in [0.2, 0.25) is 5.91 Å². The second-order valence-electron chi connectivity index (χ2n) is 10.9. The molecule has 0 unspecified atom stereocenters. The maximum Gasteiger partial charge on any atom is 0.328 e. The average Bonchev–Trinajstić information content (AvgIpc) is 3.47. The molecule has 6 nitrogen and oxygen atoms in total. The zero-order valence-electron chi connectivity index (χ0n) is 21.7. The van der Waals surface area contributed by atoms with Crippen molar-refractivity contribution in [3.63, 3.8) is 0 Å². The van der Waals surface area contributed by atoms with Crippen LogP contribution in [0.25, 0.3) is 17.2 Å². The summed E-state index contributed by atoms with van der Waals surface area (Å²) < 4.78 is 0. The smallest absolute Gasteiger partial charge is 0.328 e. The Labute approximate surface area is 228 Å². The number of anilines is 2. The Morgan fingerprint density at radius 3 is 2.58 bits per heavy atom. The lowest BCUT2D eigenvalue weighted by Crippen LogP contribution is -2.37. The third-order valence-electron chi connectivity index (χ3n) is 8.13. The van der Waals surface area contributed by atoms with Crippen LogP contribution in [0.5, 0.6) is 0 Å². The van der Waals surface area contributed by atoms with E-state index in [0.717, 1.165) is 65.6 Å². The molecule has 196 valence electrons. The van der Waals surface area contributed by atoms with Crippen LogP contribution in [-0.2, 0) is 16.0 Å². The molecule has 1 amide bonds. The fourth-order valence-electron chi connectivity index (χ4n) is 6.26. The second-order valence-corrected chi connectivity index (χ2v) is 11.3. The number of amides is 1. The molecule has 3 atom stereocenters. The average molecular weight is 530 g/mol. The molecular formula is C31H32ClN3O3. The molecule has 0 radical (unpaired) electrons. The summed E-state index contributed by atoms with van der Waals surface area (Å²) in [6, 6.07) is 16.4. The normalized spacial score (nSPS) is 22.1. The van der Waals surface area contributed by atoms with Crippen molar-refractivity contribution in [1.82, 2.24) is 4.98 Å². The van der Waals surface area contributed by atoms with E-state index in [2.05, 4.69) is 51.6 Å². The van der Waals surface area contributed by atoms with E-state index in [0.29, 0.717) is 17.2 Å². The summed E-state index contributed by atoms with van der Waals surface area (Å²) in [5.41, 5.74) is 5.52. The van der Waals surface area contributed by atoms with Gasteiger partial charge in [0.05, 0.1) is 11.9 Å². The largest absolute Gasteiger partial charge is 0.478 e. The molecule has 5 rings (SSSR count). The van der Waals surface area contributed by atoms with Crippen molar-refractivity contribution in [2.45, 2.75) is 32.1 Å². The van der Waals surface area contributed by atoms with Crippen LogP contribution < -0.4 is 10.2 Å². The van der Waals surface area contributed by atoms with Crippen LogP contribution in [0.1, 0.15) is 36.8 Å². The Kier molecular flexibility index (Phi) is 7.26. The van der Waals surface area contributed by atoms with Gasteiger partial charge in [0, 0.05) is 43.0 Å². The second kappa shape index (κ2) is 10.6. The number of carbonyl (C=O) groups excluding carboxylic acids is 1. The summed E-state index contributed by atoms with van der Waals surface area (Å²) in [6.07, 6.45) is 10.5. The highest BCUT2D eigenvalue weighted by molar-refractivity contribution is 6.31. The SMILES string of the molecule is CN(C)c1ccc(-c2ccc(C[C@@]34CC[C@H](C[C@H]3C(=O)Nc3cncc(/C=C/C(=O)O)c3)C4)c(Cl)c2)cc1. The van der Waals surface area contributed by atoms with E-state index in [4.69, 9.17) is 16.7 Å². The third kappa shape index (κ3) is 5.46. The quantitative estimate of drug-likeness (QED) is 0.323. The number of hydrogen-bond donors (Lipinski definition) is 2. The van der Waals surface area contributed by atoms with E-state index in [-0.39, 0.29) is 17.2 Å². The van der Waals surface area contributed by atoms with Crippen LogP contribution in [0.15, 0.2) is 67.0 Å². The van der Waals surface area contributed by atoms with Gasteiger partial charge >= 0.3 is 5.97 Å². The molecule has 3 aromatic rings. The molecule has 2 aliphatic carbocycles. The molecule has 0 spiro atoms. The van der Waals surface area contributed by atoms with E-state index >= 15 is 0 Å². The first kappa shape index (κ1) is 26.0. The first-order chi connectivity index (χ1) is 18.2. The van der Waals surface area contributed by atoms with Crippen molar-refractivity contribution in [2.75, 3.05) is 24.3 Å². The molecule has 7 heteroatoms. The minimum Gasteiger partial charge on any atom is -0.478 e. The molecule has 1 aromatic heterocycles. The van der Waals surface area contributed by atoms with Crippen LogP contribution in [0.4, 0.5) is 11.4 Å². The summed E-state index contributed by atoms with van der Waals surface area (Å²) in [7, 11) is 4.05. The monoisotopic (exact) mass is 529 g/mol. The molecule has 2 aliphatic rings. The maximum absolute atomic E-state index is 13.5. The van der Waals surface area contributed by atoms with Gasteiger partial charge in [-0.1, -0.05) is 35.9 Å². The number of pyridine rings is 1. The number of nitrogens with one attached hydrogen (secondary N) is 1. The fraction of sp³-hybridized carbons (Fsp3) is 0.323. The lowest BCUT2D eigenvalue weighted by molar-refractivity contribution is -0.131. The third-order valence-corrected chi connectivity index (χ3v) is 8.48. The Morgan fingerprint density at radius 1 is 1.13 bits per heavy atom. The Morgan fingerprint density at radius 2 is 1.89 bits per heavy atom. The molecular weight excluding hydrogens is 498 g/mol. The van der Waals surface area contributed by atoms with E-state index in [1.165, 1.54) is 6.08 Å². The van der Waals surface area contributed by atoms with Crippen molar-refractivity contribution in [1.29, 1.82) is 0 Å². The van der Waals surface area contributed by atoms with E-state index < -0.39 is 5.97 Å². The van der Waals surface area contributed by atoms with E-state index in [9.17, 15) is 9.59 Å². The number of aliphatic carboxylic acids is 1.